The summed E-state index contributed by atoms with van der Waals surface area (Å²) in [4.78, 5) is 0. The van der Waals surface area contributed by atoms with Gasteiger partial charge in [0.1, 0.15) is 0 Å². The van der Waals surface area contributed by atoms with E-state index in [1.807, 2.05) is 0 Å². The van der Waals surface area contributed by atoms with Crippen LogP contribution in [0.2, 0.25) is 0 Å². The molecule has 0 amide bonds. The van der Waals surface area contributed by atoms with Crippen molar-refractivity contribution in [2.24, 2.45) is 0 Å². The summed E-state index contributed by atoms with van der Waals surface area (Å²) in [6.07, 6.45) is 1.94. The summed E-state index contributed by atoms with van der Waals surface area (Å²) in [7, 11) is 0. The van der Waals surface area contributed by atoms with Gasteiger partial charge >= 0.3 is 0 Å². The molecule has 0 spiro atoms. The van der Waals surface area contributed by atoms with Crippen molar-refractivity contribution in [3.05, 3.63) is 62.2 Å². The van der Waals surface area contributed by atoms with Gasteiger partial charge in [-0.15, -0.1) is 0 Å². The van der Waals surface area contributed by atoms with Gasteiger partial charge in [-0.2, -0.15) is 0 Å². The Morgan fingerprint density at radius 1 is 0.500 bits per heavy atom. The molecule has 0 aromatic heterocycles. The van der Waals surface area contributed by atoms with Crippen LogP contribution < -0.4 is 0 Å². The van der Waals surface area contributed by atoms with E-state index in [2.05, 4.69) is 120 Å². The third kappa shape index (κ3) is 3.99. The third-order valence-electron chi connectivity index (χ3n) is 2.89. The first kappa shape index (κ1) is 17.7. The number of benzene rings is 2. The van der Waals surface area contributed by atoms with Crippen LogP contribution in [0, 0.1) is 0 Å². The Balaban J connectivity index is 2.22. The molecule has 0 atom stereocenters. The molecule has 2 aromatic rings. The summed E-state index contributed by atoms with van der Waals surface area (Å²) in [5.74, 6) is 0. The molecule has 0 fully saturated rings. The second-order valence-corrected chi connectivity index (χ2v) is 9.05. The highest BCUT2D eigenvalue weighted by Crippen LogP contribution is 2.36. The first-order chi connectivity index (χ1) is 9.41. The zero-order valence-electron chi connectivity index (χ0n) is 9.99. The minimum atomic E-state index is 0.971. The number of halogens is 6. The van der Waals surface area contributed by atoms with Crippen LogP contribution in [0.25, 0.3) is 0 Å². The summed E-state index contributed by atoms with van der Waals surface area (Å²) in [5.41, 5.74) is 2.57. The second kappa shape index (κ2) is 7.73. The van der Waals surface area contributed by atoms with Crippen LogP contribution in [0.1, 0.15) is 11.1 Å². The molecule has 2 aromatic carbocycles. The van der Waals surface area contributed by atoms with E-state index in [9.17, 15) is 0 Å². The van der Waals surface area contributed by atoms with E-state index in [0.29, 0.717) is 0 Å². The van der Waals surface area contributed by atoms with Crippen molar-refractivity contribution >= 4 is 95.6 Å². The monoisotopic (exact) mass is 650 g/mol. The molecule has 0 heterocycles. The van der Waals surface area contributed by atoms with Crippen molar-refractivity contribution in [1.29, 1.82) is 0 Å². The summed E-state index contributed by atoms with van der Waals surface area (Å²) in [5, 5.41) is 0. The van der Waals surface area contributed by atoms with Crippen molar-refractivity contribution < 1.29 is 0 Å². The Hall–Kier alpha value is 1.32. The maximum absolute atomic E-state index is 3.64. The average Bonchev–Trinajstić information content (AvgIpc) is 2.43. The minimum absolute atomic E-state index is 0.971. The molecule has 6 heteroatoms. The molecule has 0 bridgehead atoms. The Morgan fingerprint density at radius 2 is 0.850 bits per heavy atom. The topological polar surface area (TPSA) is 0 Å². The SMILES string of the molecule is Brc1ccc(CCc2ccc(Br)c(Br)c2Br)c(Br)c1Br. The van der Waals surface area contributed by atoms with Gasteiger partial charge in [-0.05, 0) is 132 Å². The van der Waals surface area contributed by atoms with E-state index in [1.54, 1.807) is 0 Å². The lowest BCUT2D eigenvalue weighted by atomic mass is 10.0. The van der Waals surface area contributed by atoms with Crippen molar-refractivity contribution in [1.82, 2.24) is 0 Å². The van der Waals surface area contributed by atoms with Gasteiger partial charge in [0.15, 0.2) is 0 Å². The molecule has 20 heavy (non-hydrogen) atoms. The lowest BCUT2D eigenvalue weighted by Gasteiger charge is -2.10. The van der Waals surface area contributed by atoms with E-state index in [0.717, 1.165) is 39.7 Å². The smallest absolute Gasteiger partial charge is 0.0462 e. The Bertz CT molecular complexity index is 593. The van der Waals surface area contributed by atoms with E-state index in [4.69, 9.17) is 0 Å². The second-order valence-electron chi connectivity index (χ2n) is 4.17. The Labute approximate surface area is 168 Å². The van der Waals surface area contributed by atoms with E-state index < -0.39 is 0 Å². The molecule has 0 aliphatic heterocycles. The van der Waals surface area contributed by atoms with E-state index in [-0.39, 0.29) is 0 Å². The summed E-state index contributed by atoms with van der Waals surface area (Å²) < 4.78 is 6.46. The van der Waals surface area contributed by atoms with Crippen molar-refractivity contribution in [2.75, 3.05) is 0 Å². The van der Waals surface area contributed by atoms with E-state index >= 15 is 0 Å². The summed E-state index contributed by atoms with van der Waals surface area (Å²) in [6, 6.07) is 8.41. The Morgan fingerprint density at radius 3 is 1.20 bits per heavy atom. The molecule has 0 nitrogen and oxygen atoms in total. The maximum atomic E-state index is 3.64. The molecular weight excluding hydrogens is 648 g/mol. The number of rotatable bonds is 3. The predicted octanol–water partition coefficient (Wildman–Crippen LogP) is 8.05. The molecule has 0 aliphatic rings. The Kier molecular flexibility index (Phi) is 6.83. The number of hydrogen-bond acceptors (Lipinski definition) is 0. The van der Waals surface area contributed by atoms with Gasteiger partial charge in [-0.3, -0.25) is 0 Å². The first-order valence-electron chi connectivity index (χ1n) is 5.66. The lowest BCUT2D eigenvalue weighted by Crippen LogP contribution is -1.95. The fourth-order valence-electron chi connectivity index (χ4n) is 1.79. The summed E-state index contributed by atoms with van der Waals surface area (Å²) in [6.45, 7) is 0. The van der Waals surface area contributed by atoms with Crippen LogP contribution in [0.4, 0.5) is 0 Å². The minimum Gasteiger partial charge on any atom is -0.0567 e. The lowest BCUT2D eigenvalue weighted by molar-refractivity contribution is 0.945. The third-order valence-corrected chi connectivity index (χ3v) is 9.80. The van der Waals surface area contributed by atoms with Gasteiger partial charge in [0, 0.05) is 26.8 Å². The van der Waals surface area contributed by atoms with Gasteiger partial charge in [0.2, 0.25) is 0 Å². The maximum Gasteiger partial charge on any atom is 0.0462 e. The zero-order chi connectivity index (χ0) is 14.9. The fraction of sp³-hybridized carbons (Fsp3) is 0.143. The molecule has 2 rings (SSSR count). The molecule has 0 aliphatic carbocycles. The van der Waals surface area contributed by atoms with Crippen LogP contribution in [0.3, 0.4) is 0 Å². The molecule has 0 N–H and O–H groups in total. The first-order valence-corrected chi connectivity index (χ1v) is 10.4. The van der Waals surface area contributed by atoms with Crippen LogP contribution in [0.5, 0.6) is 0 Å². The molecule has 0 saturated carbocycles. The average molecular weight is 656 g/mol. The van der Waals surface area contributed by atoms with Crippen LogP contribution in [0.15, 0.2) is 51.1 Å². The largest absolute Gasteiger partial charge is 0.0567 e. The number of hydrogen-bond donors (Lipinski definition) is 0. The number of aryl methyl sites for hydroxylation is 2. The standard InChI is InChI=1S/C14H8Br6/c15-9-5-3-7(11(17)13(9)19)1-2-8-4-6-10(16)14(20)12(8)18/h3-6H,1-2H2. The quantitative estimate of drug-likeness (QED) is 0.294. The van der Waals surface area contributed by atoms with Crippen molar-refractivity contribution in [3.8, 4) is 0 Å². The van der Waals surface area contributed by atoms with Gasteiger partial charge in [0.25, 0.3) is 0 Å². The fourth-order valence-corrected chi connectivity index (χ4v) is 4.84. The van der Waals surface area contributed by atoms with Gasteiger partial charge < -0.3 is 0 Å². The molecular formula is C14H8Br6. The normalized spacial score (nSPS) is 10.9. The molecule has 0 radical (unpaired) electrons. The highest BCUT2D eigenvalue weighted by Gasteiger charge is 2.11. The van der Waals surface area contributed by atoms with Gasteiger partial charge in [0.05, 0.1) is 0 Å². The highest BCUT2D eigenvalue weighted by atomic mass is 79.9. The van der Waals surface area contributed by atoms with Gasteiger partial charge in [-0.25, -0.2) is 0 Å². The van der Waals surface area contributed by atoms with Crippen molar-refractivity contribution in [3.63, 3.8) is 0 Å². The highest BCUT2D eigenvalue weighted by molar-refractivity contribution is 9.15. The van der Waals surface area contributed by atoms with Crippen LogP contribution >= 0.6 is 95.6 Å². The molecule has 0 unspecified atom stereocenters. The van der Waals surface area contributed by atoms with E-state index in [1.165, 1.54) is 11.1 Å². The molecule has 0 saturated heterocycles. The zero-order valence-corrected chi connectivity index (χ0v) is 19.5. The molecule has 106 valence electrons. The van der Waals surface area contributed by atoms with Crippen LogP contribution in [-0.2, 0) is 12.8 Å². The summed E-state index contributed by atoms with van der Waals surface area (Å²) >= 11 is 21.5. The van der Waals surface area contributed by atoms with Crippen molar-refractivity contribution in [2.45, 2.75) is 12.8 Å². The van der Waals surface area contributed by atoms with Gasteiger partial charge in [-0.1, -0.05) is 12.1 Å². The van der Waals surface area contributed by atoms with Crippen LogP contribution in [-0.4, -0.2) is 0 Å². The predicted molar refractivity (Wildman–Crippen MR) is 106 cm³/mol.